The first-order chi connectivity index (χ1) is 12.9. The van der Waals surface area contributed by atoms with Crippen LogP contribution in [0.5, 0.6) is 5.75 Å². The molecule has 0 bridgehead atoms. The number of phenols is 1. The maximum absolute atomic E-state index is 12.7. The topological polar surface area (TPSA) is 86.7 Å². The Morgan fingerprint density at radius 3 is 2.56 bits per heavy atom. The van der Waals surface area contributed by atoms with Crippen LogP contribution in [0.25, 0.3) is 0 Å². The van der Waals surface area contributed by atoms with Crippen molar-refractivity contribution in [2.24, 2.45) is 0 Å². The Morgan fingerprint density at radius 2 is 1.85 bits per heavy atom. The number of rotatable bonds is 6. The van der Waals surface area contributed by atoms with Gasteiger partial charge in [0.2, 0.25) is 15.9 Å². The van der Waals surface area contributed by atoms with Gasteiger partial charge >= 0.3 is 0 Å². The number of nitrogens with one attached hydrogen (secondary N) is 1. The number of halogens is 1. The Balaban J connectivity index is 1.71. The van der Waals surface area contributed by atoms with Gasteiger partial charge in [-0.2, -0.15) is 4.31 Å². The standard InChI is InChI=1S/C19H21BrN2O4S/c20-16-6-2-1-5-14(16)7-10-19(24)21-17-13-15(8-9-18(17)23)27(25,26)22-11-3-4-12-22/h1-2,5-6,8-9,13,23H,3-4,7,10-12H2,(H,21,24). The summed E-state index contributed by atoms with van der Waals surface area (Å²) in [6.45, 7) is 0.994. The lowest BCUT2D eigenvalue weighted by molar-refractivity contribution is -0.116. The molecule has 3 rings (SSSR count). The maximum atomic E-state index is 12.7. The zero-order valence-electron chi connectivity index (χ0n) is 14.7. The number of aromatic hydroxyl groups is 1. The molecule has 6 nitrogen and oxygen atoms in total. The van der Waals surface area contributed by atoms with Crippen molar-refractivity contribution < 1.29 is 18.3 Å². The molecule has 0 saturated carbocycles. The number of sulfonamides is 1. The van der Waals surface area contributed by atoms with Crippen molar-refractivity contribution in [1.82, 2.24) is 4.31 Å². The summed E-state index contributed by atoms with van der Waals surface area (Å²) in [6, 6.07) is 11.6. The van der Waals surface area contributed by atoms with E-state index in [9.17, 15) is 18.3 Å². The molecule has 0 unspecified atom stereocenters. The highest BCUT2D eigenvalue weighted by molar-refractivity contribution is 9.10. The number of amides is 1. The largest absolute Gasteiger partial charge is 0.506 e. The first kappa shape index (κ1) is 19.9. The number of aryl methyl sites for hydroxylation is 1. The fraction of sp³-hybridized carbons (Fsp3) is 0.316. The minimum atomic E-state index is -3.61. The van der Waals surface area contributed by atoms with Crippen LogP contribution in [0.1, 0.15) is 24.8 Å². The lowest BCUT2D eigenvalue weighted by Gasteiger charge is -2.16. The van der Waals surface area contributed by atoms with Crippen molar-refractivity contribution in [2.75, 3.05) is 18.4 Å². The Bertz CT molecular complexity index is 940. The molecular weight excluding hydrogens is 432 g/mol. The third-order valence-corrected chi connectivity index (χ3v) is 7.19. The number of hydrogen-bond donors (Lipinski definition) is 2. The summed E-state index contributed by atoms with van der Waals surface area (Å²) in [5, 5.41) is 12.6. The van der Waals surface area contributed by atoms with Crippen LogP contribution in [0.2, 0.25) is 0 Å². The quantitative estimate of drug-likeness (QED) is 0.656. The molecule has 0 aromatic heterocycles. The van der Waals surface area contributed by atoms with Crippen LogP contribution in [-0.2, 0) is 21.2 Å². The summed E-state index contributed by atoms with van der Waals surface area (Å²) in [6.07, 6.45) is 2.43. The first-order valence-electron chi connectivity index (χ1n) is 8.74. The molecule has 1 amide bonds. The van der Waals surface area contributed by atoms with Gasteiger partial charge in [0.1, 0.15) is 5.75 Å². The van der Waals surface area contributed by atoms with E-state index in [4.69, 9.17) is 0 Å². The summed E-state index contributed by atoms with van der Waals surface area (Å²) in [5.41, 5.74) is 1.11. The first-order valence-corrected chi connectivity index (χ1v) is 11.0. The molecular formula is C19H21BrN2O4S. The van der Waals surface area contributed by atoms with Gasteiger partial charge in [0.15, 0.2) is 0 Å². The molecule has 0 atom stereocenters. The van der Waals surface area contributed by atoms with Crippen molar-refractivity contribution in [3.8, 4) is 5.75 Å². The van der Waals surface area contributed by atoms with Crippen LogP contribution in [0, 0.1) is 0 Å². The van der Waals surface area contributed by atoms with E-state index in [-0.39, 0.29) is 28.7 Å². The van der Waals surface area contributed by atoms with E-state index in [0.29, 0.717) is 19.5 Å². The van der Waals surface area contributed by atoms with Gasteiger partial charge in [0.25, 0.3) is 0 Å². The molecule has 1 aliphatic rings. The van der Waals surface area contributed by atoms with Gasteiger partial charge in [-0.3, -0.25) is 4.79 Å². The van der Waals surface area contributed by atoms with Gasteiger partial charge in [0, 0.05) is 24.0 Å². The normalized spacial score (nSPS) is 15.0. The monoisotopic (exact) mass is 452 g/mol. The summed E-state index contributed by atoms with van der Waals surface area (Å²) >= 11 is 3.45. The van der Waals surface area contributed by atoms with Crippen LogP contribution >= 0.6 is 15.9 Å². The molecule has 0 aliphatic carbocycles. The number of nitrogens with zero attached hydrogens (tertiary/aromatic N) is 1. The van der Waals surface area contributed by atoms with Crippen molar-refractivity contribution in [3.05, 3.63) is 52.5 Å². The van der Waals surface area contributed by atoms with E-state index in [2.05, 4.69) is 21.2 Å². The molecule has 0 spiro atoms. The third kappa shape index (κ3) is 4.69. The highest BCUT2D eigenvalue weighted by Gasteiger charge is 2.27. The zero-order chi connectivity index (χ0) is 19.4. The second kappa shape index (κ2) is 8.41. The van der Waals surface area contributed by atoms with Crippen molar-refractivity contribution in [1.29, 1.82) is 0 Å². The van der Waals surface area contributed by atoms with E-state index in [1.807, 2.05) is 24.3 Å². The second-order valence-corrected chi connectivity index (χ2v) is 9.22. The Labute approximate surface area is 167 Å². The summed E-state index contributed by atoms with van der Waals surface area (Å²) in [4.78, 5) is 12.3. The van der Waals surface area contributed by atoms with Crippen LogP contribution in [-0.4, -0.2) is 36.8 Å². The molecule has 2 N–H and O–H groups in total. The van der Waals surface area contributed by atoms with E-state index < -0.39 is 10.0 Å². The molecule has 1 saturated heterocycles. The van der Waals surface area contributed by atoms with E-state index in [1.165, 1.54) is 22.5 Å². The number of carbonyl (C=O) groups is 1. The zero-order valence-corrected chi connectivity index (χ0v) is 17.1. The lowest BCUT2D eigenvalue weighted by Crippen LogP contribution is -2.28. The average molecular weight is 453 g/mol. The fourth-order valence-corrected chi connectivity index (χ4v) is 5.04. The van der Waals surface area contributed by atoms with Gasteiger partial charge in [-0.25, -0.2) is 8.42 Å². The fourth-order valence-electron chi connectivity index (χ4n) is 3.02. The van der Waals surface area contributed by atoms with E-state index in [0.717, 1.165) is 22.9 Å². The third-order valence-electron chi connectivity index (χ3n) is 4.52. The molecule has 1 fully saturated rings. The van der Waals surface area contributed by atoms with Gasteiger partial charge in [-0.15, -0.1) is 0 Å². The van der Waals surface area contributed by atoms with Crippen LogP contribution < -0.4 is 5.32 Å². The number of carbonyl (C=O) groups excluding carboxylic acids is 1. The molecule has 1 heterocycles. The van der Waals surface area contributed by atoms with Crippen molar-refractivity contribution >= 4 is 37.5 Å². The van der Waals surface area contributed by atoms with Gasteiger partial charge < -0.3 is 10.4 Å². The van der Waals surface area contributed by atoms with Gasteiger partial charge in [0.05, 0.1) is 10.6 Å². The number of phenolic OH excluding ortho intramolecular Hbond substituents is 1. The molecule has 144 valence electrons. The molecule has 2 aromatic rings. The Kier molecular flexibility index (Phi) is 6.18. The van der Waals surface area contributed by atoms with Gasteiger partial charge in [-0.1, -0.05) is 34.1 Å². The van der Waals surface area contributed by atoms with Crippen LogP contribution in [0.4, 0.5) is 5.69 Å². The van der Waals surface area contributed by atoms with E-state index >= 15 is 0 Å². The SMILES string of the molecule is O=C(CCc1ccccc1Br)Nc1cc(S(=O)(=O)N2CCCC2)ccc1O. The molecule has 0 radical (unpaired) electrons. The summed E-state index contributed by atoms with van der Waals surface area (Å²) < 4.78 is 27.7. The van der Waals surface area contributed by atoms with Gasteiger partial charge in [-0.05, 0) is 49.1 Å². The molecule has 8 heteroatoms. The molecule has 2 aromatic carbocycles. The van der Waals surface area contributed by atoms with Crippen molar-refractivity contribution in [3.63, 3.8) is 0 Å². The summed E-state index contributed by atoms with van der Waals surface area (Å²) in [5.74, 6) is -0.457. The summed E-state index contributed by atoms with van der Waals surface area (Å²) in [7, 11) is -3.61. The van der Waals surface area contributed by atoms with Crippen LogP contribution in [0.15, 0.2) is 51.8 Å². The highest BCUT2D eigenvalue weighted by Crippen LogP contribution is 2.29. The number of anilines is 1. The molecule has 27 heavy (non-hydrogen) atoms. The smallest absolute Gasteiger partial charge is 0.243 e. The van der Waals surface area contributed by atoms with E-state index in [1.54, 1.807) is 0 Å². The minimum Gasteiger partial charge on any atom is -0.506 e. The maximum Gasteiger partial charge on any atom is 0.243 e. The van der Waals surface area contributed by atoms with Crippen molar-refractivity contribution in [2.45, 2.75) is 30.6 Å². The predicted molar refractivity (Wildman–Crippen MR) is 107 cm³/mol. The molecule has 1 aliphatic heterocycles. The average Bonchev–Trinajstić information content (AvgIpc) is 3.18. The number of hydrogen-bond acceptors (Lipinski definition) is 4. The lowest BCUT2D eigenvalue weighted by atomic mass is 10.1. The minimum absolute atomic E-state index is 0.0725. The Morgan fingerprint density at radius 1 is 1.15 bits per heavy atom. The highest BCUT2D eigenvalue weighted by atomic mass is 79.9. The predicted octanol–water partition coefficient (Wildman–Crippen LogP) is 3.51. The van der Waals surface area contributed by atoms with Crippen LogP contribution in [0.3, 0.4) is 0 Å². The number of benzene rings is 2. The Hall–Kier alpha value is -1.90. The second-order valence-electron chi connectivity index (χ2n) is 6.43.